The normalized spacial score (nSPS) is 14.8. The average molecular weight is 675 g/mol. The molecule has 0 aromatic heterocycles. The number of allylic oxidation sites excluding steroid dienone is 5. The Morgan fingerprint density at radius 2 is 1.04 bits per heavy atom. The first-order valence-corrected chi connectivity index (χ1v) is 18.6. The number of hydrogen-bond acceptors (Lipinski definition) is 0. The number of rotatable bonds is 6. The van der Waals surface area contributed by atoms with Crippen molar-refractivity contribution in [3.8, 4) is 44.5 Å². The minimum Gasteiger partial charge on any atom is -0.0984 e. The van der Waals surface area contributed by atoms with Crippen molar-refractivity contribution < 1.29 is 0 Å². The summed E-state index contributed by atoms with van der Waals surface area (Å²) in [5.41, 5.74) is 20.0. The molecule has 3 aliphatic carbocycles. The molecule has 0 amide bonds. The fourth-order valence-electron chi connectivity index (χ4n) is 9.31. The first-order valence-electron chi connectivity index (χ1n) is 18.6. The van der Waals surface area contributed by atoms with E-state index in [0.29, 0.717) is 0 Å². The summed E-state index contributed by atoms with van der Waals surface area (Å²) < 4.78 is 0. The van der Waals surface area contributed by atoms with Gasteiger partial charge in [0.15, 0.2) is 0 Å². The zero-order chi connectivity index (χ0) is 35.5. The average Bonchev–Trinajstić information content (AvgIpc) is 3.72. The lowest BCUT2D eigenvalue weighted by molar-refractivity contribution is 0.769. The van der Waals surface area contributed by atoms with E-state index in [9.17, 15) is 0 Å². The Labute approximate surface area is 311 Å². The summed E-state index contributed by atoms with van der Waals surface area (Å²) in [5, 5.41) is 2.31. The Bertz CT molecular complexity index is 2720. The van der Waals surface area contributed by atoms with E-state index in [1.54, 1.807) is 0 Å². The second-order valence-electron chi connectivity index (χ2n) is 14.5. The van der Waals surface area contributed by atoms with Crippen molar-refractivity contribution in [3.05, 3.63) is 232 Å². The van der Waals surface area contributed by atoms with Gasteiger partial charge in [0.05, 0.1) is 5.41 Å². The summed E-state index contributed by atoms with van der Waals surface area (Å²) in [7, 11) is 0. The van der Waals surface area contributed by atoms with Gasteiger partial charge in [-0.3, -0.25) is 0 Å². The maximum absolute atomic E-state index is 4.48. The minimum atomic E-state index is -0.405. The SMILES string of the molecule is C=CC1=c2c(cc(-c3ccc(-c4ccc(-c5ccc6c(c5)C(c5ccccc5)(c5ccccc5)c5ccccc5-6)cc4)cc3)cc2=C)C2=C1CCC=C2. The molecule has 7 aromatic carbocycles. The molecule has 0 atom stereocenters. The van der Waals surface area contributed by atoms with Gasteiger partial charge in [-0.2, -0.15) is 0 Å². The van der Waals surface area contributed by atoms with Crippen molar-refractivity contribution in [2.24, 2.45) is 0 Å². The molecule has 0 heteroatoms. The summed E-state index contributed by atoms with van der Waals surface area (Å²) in [6.45, 7) is 8.62. The molecule has 3 aliphatic rings. The van der Waals surface area contributed by atoms with Gasteiger partial charge in [-0.05, 0) is 131 Å². The van der Waals surface area contributed by atoms with Crippen molar-refractivity contribution in [1.29, 1.82) is 0 Å². The molecule has 0 aliphatic heterocycles. The van der Waals surface area contributed by atoms with Gasteiger partial charge in [0.1, 0.15) is 0 Å². The third kappa shape index (κ3) is 4.76. The van der Waals surface area contributed by atoms with E-state index < -0.39 is 5.41 Å². The van der Waals surface area contributed by atoms with Gasteiger partial charge in [-0.25, -0.2) is 0 Å². The third-order valence-electron chi connectivity index (χ3n) is 11.7. The van der Waals surface area contributed by atoms with Crippen molar-refractivity contribution in [2.45, 2.75) is 18.3 Å². The Hall–Kier alpha value is -6.50. The summed E-state index contributed by atoms with van der Waals surface area (Å²) >= 11 is 0. The van der Waals surface area contributed by atoms with E-state index in [-0.39, 0.29) is 0 Å². The van der Waals surface area contributed by atoms with E-state index >= 15 is 0 Å². The van der Waals surface area contributed by atoms with Crippen LogP contribution in [-0.4, -0.2) is 0 Å². The van der Waals surface area contributed by atoms with Crippen LogP contribution in [0.1, 0.15) is 40.7 Å². The molecule has 0 saturated heterocycles. The Morgan fingerprint density at radius 1 is 0.491 bits per heavy atom. The molecule has 10 rings (SSSR count). The Morgan fingerprint density at radius 3 is 1.68 bits per heavy atom. The van der Waals surface area contributed by atoms with Gasteiger partial charge in [0.2, 0.25) is 0 Å². The van der Waals surface area contributed by atoms with Crippen LogP contribution in [0, 0.1) is 0 Å². The largest absolute Gasteiger partial charge is 0.0984 e. The molecule has 0 saturated carbocycles. The minimum absolute atomic E-state index is 0.405. The Balaban J connectivity index is 1.00. The molecule has 7 aromatic rings. The highest BCUT2D eigenvalue weighted by Crippen LogP contribution is 2.56. The highest BCUT2D eigenvalue weighted by Gasteiger charge is 2.46. The Kier molecular flexibility index (Phi) is 7.27. The predicted molar refractivity (Wildman–Crippen MR) is 224 cm³/mol. The molecule has 0 spiro atoms. The summed E-state index contributed by atoms with van der Waals surface area (Å²) in [4.78, 5) is 0. The molecular weight excluding hydrogens is 637 g/mol. The lowest BCUT2D eigenvalue weighted by atomic mass is 9.67. The molecule has 53 heavy (non-hydrogen) atoms. The maximum Gasteiger partial charge on any atom is 0.0713 e. The van der Waals surface area contributed by atoms with Gasteiger partial charge in [-0.1, -0.05) is 177 Å². The second-order valence-corrected chi connectivity index (χ2v) is 14.5. The van der Waals surface area contributed by atoms with Crippen molar-refractivity contribution in [3.63, 3.8) is 0 Å². The van der Waals surface area contributed by atoms with Crippen LogP contribution in [-0.2, 0) is 5.41 Å². The molecule has 0 radical (unpaired) electrons. The van der Waals surface area contributed by atoms with Crippen LogP contribution in [0.15, 0.2) is 194 Å². The summed E-state index contributed by atoms with van der Waals surface area (Å²) in [6.07, 6.45) is 8.73. The number of fused-ring (bicyclic) bond motifs is 5. The van der Waals surface area contributed by atoms with Crippen LogP contribution in [0.2, 0.25) is 0 Å². The molecule has 0 heterocycles. The van der Waals surface area contributed by atoms with E-state index in [1.807, 2.05) is 6.08 Å². The zero-order valence-electron chi connectivity index (χ0n) is 29.6. The lowest BCUT2D eigenvalue weighted by Crippen LogP contribution is -2.28. The lowest BCUT2D eigenvalue weighted by Gasteiger charge is -2.34. The van der Waals surface area contributed by atoms with Gasteiger partial charge in [0.25, 0.3) is 0 Å². The smallest absolute Gasteiger partial charge is 0.0713 e. The quantitative estimate of drug-likeness (QED) is 0.165. The van der Waals surface area contributed by atoms with E-state index in [4.69, 9.17) is 0 Å². The van der Waals surface area contributed by atoms with Crippen LogP contribution >= 0.6 is 0 Å². The third-order valence-corrected chi connectivity index (χ3v) is 11.7. The molecule has 0 unspecified atom stereocenters. The molecule has 0 N–H and O–H groups in total. The van der Waals surface area contributed by atoms with E-state index in [0.717, 1.165) is 18.1 Å². The summed E-state index contributed by atoms with van der Waals surface area (Å²) in [5.74, 6) is 0. The second kappa shape index (κ2) is 12.3. The van der Waals surface area contributed by atoms with Crippen molar-refractivity contribution in [2.75, 3.05) is 0 Å². The molecular formula is C53H38. The van der Waals surface area contributed by atoms with Gasteiger partial charge in [-0.15, -0.1) is 0 Å². The molecule has 0 bridgehead atoms. The van der Waals surface area contributed by atoms with Crippen LogP contribution in [0.5, 0.6) is 0 Å². The first-order chi connectivity index (χ1) is 26.1. The first kappa shape index (κ1) is 31.3. The van der Waals surface area contributed by atoms with E-state index in [2.05, 4.69) is 189 Å². The predicted octanol–water partition coefficient (Wildman–Crippen LogP) is 11.9. The van der Waals surface area contributed by atoms with Crippen LogP contribution < -0.4 is 10.4 Å². The van der Waals surface area contributed by atoms with Crippen molar-refractivity contribution in [1.82, 2.24) is 0 Å². The number of benzene rings is 7. The molecule has 0 fully saturated rings. The topological polar surface area (TPSA) is 0 Å². The van der Waals surface area contributed by atoms with Crippen molar-refractivity contribution >= 4 is 17.7 Å². The highest BCUT2D eigenvalue weighted by atomic mass is 14.5. The highest BCUT2D eigenvalue weighted by molar-refractivity contribution is 5.98. The van der Waals surface area contributed by atoms with Crippen LogP contribution in [0.25, 0.3) is 62.2 Å². The fourth-order valence-corrected chi connectivity index (χ4v) is 9.31. The standard InChI is InChI=1S/C53H38/c1-3-44-45-18-10-11-19-46(45)49-33-41(32-35(2)52(44)49)39-28-24-37(25-29-39)36-22-26-38(27-23-36)40-30-31-48-47-20-12-13-21-50(47)53(51(48)34-40,42-14-6-4-7-15-42)43-16-8-5-9-17-43/h3-9,11-17,19-34H,1-2,10,18H2. The molecule has 0 nitrogen and oxygen atoms in total. The monoisotopic (exact) mass is 674 g/mol. The van der Waals surface area contributed by atoms with Crippen LogP contribution in [0.3, 0.4) is 0 Å². The zero-order valence-corrected chi connectivity index (χ0v) is 29.6. The molecule has 250 valence electrons. The van der Waals surface area contributed by atoms with Gasteiger partial charge in [0, 0.05) is 0 Å². The van der Waals surface area contributed by atoms with Gasteiger partial charge < -0.3 is 0 Å². The fraction of sp³-hybridized carbons (Fsp3) is 0.0566. The van der Waals surface area contributed by atoms with Gasteiger partial charge >= 0.3 is 0 Å². The summed E-state index contributed by atoms with van der Waals surface area (Å²) in [6, 6.07) is 60.6. The number of hydrogen-bond donors (Lipinski definition) is 0. The maximum atomic E-state index is 4.48. The van der Waals surface area contributed by atoms with Crippen LogP contribution in [0.4, 0.5) is 0 Å². The van der Waals surface area contributed by atoms with E-state index in [1.165, 1.54) is 94.3 Å².